The minimum atomic E-state index is -0.933. The Balaban J connectivity index is 1.27. The summed E-state index contributed by atoms with van der Waals surface area (Å²) < 4.78 is 69.5. The molecular weight excluding hydrogens is 468 g/mol. The summed E-state index contributed by atoms with van der Waals surface area (Å²) in [5, 5.41) is 0. The fourth-order valence-electron chi connectivity index (χ4n) is 4.69. The number of hydrogen-bond acceptors (Lipinski definition) is 2. The number of benzene rings is 3. The molecule has 5 rings (SSSR count). The SMILES string of the molecule is C/C=C/c1ccc(-c2ccc(-c3ccc(OCC4CCC(C5CO5)C(F)=C4F)cc3)c(F)c2F)cc1. The fraction of sp³-hybridized carbons (Fsp3) is 0.267. The molecule has 2 nitrogen and oxygen atoms in total. The molecule has 1 saturated heterocycles. The van der Waals surface area contributed by atoms with Gasteiger partial charge in [-0.2, -0.15) is 0 Å². The van der Waals surface area contributed by atoms with Crippen LogP contribution in [0.4, 0.5) is 17.6 Å². The highest BCUT2D eigenvalue weighted by molar-refractivity contribution is 5.72. The fourth-order valence-corrected chi connectivity index (χ4v) is 4.69. The summed E-state index contributed by atoms with van der Waals surface area (Å²) >= 11 is 0. The molecule has 0 saturated carbocycles. The Labute approximate surface area is 207 Å². The van der Waals surface area contributed by atoms with Gasteiger partial charge in [-0.15, -0.1) is 0 Å². The van der Waals surface area contributed by atoms with E-state index in [4.69, 9.17) is 9.47 Å². The lowest BCUT2D eigenvalue weighted by Gasteiger charge is -2.25. The summed E-state index contributed by atoms with van der Waals surface area (Å²) in [5.41, 5.74) is 2.37. The molecule has 3 atom stereocenters. The van der Waals surface area contributed by atoms with Gasteiger partial charge in [0, 0.05) is 23.0 Å². The molecule has 186 valence electrons. The zero-order chi connectivity index (χ0) is 25.2. The quantitative estimate of drug-likeness (QED) is 0.243. The monoisotopic (exact) mass is 494 g/mol. The Morgan fingerprint density at radius 1 is 0.806 bits per heavy atom. The lowest BCUT2D eigenvalue weighted by atomic mass is 9.85. The number of ether oxygens (including phenoxy) is 2. The van der Waals surface area contributed by atoms with Crippen molar-refractivity contribution in [3.8, 4) is 28.0 Å². The Morgan fingerprint density at radius 2 is 1.39 bits per heavy atom. The van der Waals surface area contributed by atoms with Crippen molar-refractivity contribution in [3.05, 3.63) is 95.6 Å². The smallest absolute Gasteiger partial charge is 0.167 e. The molecule has 0 bridgehead atoms. The number of rotatable bonds is 7. The molecular formula is C30H26F4O2. The summed E-state index contributed by atoms with van der Waals surface area (Å²) in [4.78, 5) is 0. The van der Waals surface area contributed by atoms with Crippen LogP contribution < -0.4 is 4.74 Å². The van der Waals surface area contributed by atoms with Crippen LogP contribution in [0.5, 0.6) is 5.75 Å². The first-order chi connectivity index (χ1) is 17.5. The first kappa shape index (κ1) is 24.3. The molecule has 6 heteroatoms. The minimum absolute atomic E-state index is 0.00136. The molecule has 2 aliphatic rings. The van der Waals surface area contributed by atoms with Crippen LogP contribution in [-0.2, 0) is 4.74 Å². The summed E-state index contributed by atoms with van der Waals surface area (Å²) in [6.45, 7) is 2.40. The summed E-state index contributed by atoms with van der Waals surface area (Å²) in [7, 11) is 0. The predicted octanol–water partition coefficient (Wildman–Crippen LogP) is 8.29. The van der Waals surface area contributed by atoms with Crippen molar-refractivity contribution in [2.24, 2.45) is 11.8 Å². The van der Waals surface area contributed by atoms with E-state index in [-0.39, 0.29) is 23.8 Å². The third-order valence-electron chi connectivity index (χ3n) is 6.83. The van der Waals surface area contributed by atoms with Crippen molar-refractivity contribution in [2.45, 2.75) is 25.9 Å². The minimum Gasteiger partial charge on any atom is -0.493 e. The van der Waals surface area contributed by atoms with E-state index in [9.17, 15) is 17.6 Å². The second kappa shape index (κ2) is 10.3. The molecule has 1 fully saturated rings. The third-order valence-corrected chi connectivity index (χ3v) is 6.83. The predicted molar refractivity (Wildman–Crippen MR) is 133 cm³/mol. The van der Waals surface area contributed by atoms with Gasteiger partial charge in [0.25, 0.3) is 0 Å². The van der Waals surface area contributed by atoms with E-state index >= 15 is 0 Å². The van der Waals surface area contributed by atoms with Gasteiger partial charge < -0.3 is 9.47 Å². The average Bonchev–Trinajstić information content (AvgIpc) is 3.73. The number of allylic oxidation sites excluding steroid dienone is 1. The van der Waals surface area contributed by atoms with Crippen LogP contribution in [0.25, 0.3) is 28.3 Å². The maximum Gasteiger partial charge on any atom is 0.167 e. The van der Waals surface area contributed by atoms with Crippen LogP contribution in [-0.4, -0.2) is 19.3 Å². The first-order valence-corrected chi connectivity index (χ1v) is 12.1. The zero-order valence-electron chi connectivity index (χ0n) is 19.8. The summed E-state index contributed by atoms with van der Waals surface area (Å²) in [5.74, 6) is -4.01. The molecule has 0 radical (unpaired) electrons. The van der Waals surface area contributed by atoms with Gasteiger partial charge in [0.2, 0.25) is 0 Å². The van der Waals surface area contributed by atoms with E-state index < -0.39 is 35.1 Å². The normalized spacial score (nSPS) is 21.8. The van der Waals surface area contributed by atoms with Gasteiger partial charge in [-0.25, -0.2) is 17.6 Å². The van der Waals surface area contributed by atoms with Crippen LogP contribution in [0.2, 0.25) is 0 Å². The van der Waals surface area contributed by atoms with Crippen LogP contribution in [0.1, 0.15) is 25.3 Å². The third kappa shape index (κ3) is 4.96. The number of halogens is 4. The molecule has 0 amide bonds. The van der Waals surface area contributed by atoms with Crippen LogP contribution in [0.3, 0.4) is 0 Å². The van der Waals surface area contributed by atoms with E-state index in [0.29, 0.717) is 36.3 Å². The largest absolute Gasteiger partial charge is 0.493 e. The molecule has 1 aliphatic heterocycles. The van der Waals surface area contributed by atoms with Gasteiger partial charge in [0.1, 0.15) is 17.4 Å². The van der Waals surface area contributed by atoms with Gasteiger partial charge in [0.05, 0.1) is 19.3 Å². The second-order valence-electron chi connectivity index (χ2n) is 9.19. The van der Waals surface area contributed by atoms with E-state index in [2.05, 4.69) is 0 Å². The van der Waals surface area contributed by atoms with Gasteiger partial charge in [-0.1, -0.05) is 60.7 Å². The maximum atomic E-state index is 15.0. The van der Waals surface area contributed by atoms with E-state index in [1.54, 1.807) is 48.5 Å². The lowest BCUT2D eigenvalue weighted by molar-refractivity contribution is 0.191. The lowest BCUT2D eigenvalue weighted by Crippen LogP contribution is -2.24. The van der Waals surface area contributed by atoms with E-state index in [1.165, 1.54) is 0 Å². The zero-order valence-corrected chi connectivity index (χ0v) is 19.8. The highest BCUT2D eigenvalue weighted by Crippen LogP contribution is 2.42. The maximum absolute atomic E-state index is 15.0. The Hall–Kier alpha value is -3.38. The first-order valence-electron chi connectivity index (χ1n) is 12.1. The van der Waals surface area contributed by atoms with Crippen molar-refractivity contribution in [1.29, 1.82) is 0 Å². The molecule has 36 heavy (non-hydrogen) atoms. The van der Waals surface area contributed by atoms with Crippen molar-refractivity contribution in [1.82, 2.24) is 0 Å². The van der Waals surface area contributed by atoms with Crippen LogP contribution >= 0.6 is 0 Å². The Bertz CT molecular complexity index is 1290. The van der Waals surface area contributed by atoms with Crippen molar-refractivity contribution >= 4 is 6.08 Å². The number of hydrogen-bond donors (Lipinski definition) is 0. The van der Waals surface area contributed by atoms with E-state index in [1.807, 2.05) is 31.2 Å². The highest BCUT2D eigenvalue weighted by Gasteiger charge is 2.41. The molecule has 0 aromatic heterocycles. The summed E-state index contributed by atoms with van der Waals surface area (Å²) in [6, 6.07) is 16.8. The standard InChI is InChI=1S/C30H26F4O2/c1-2-3-18-4-6-19(7-5-18)23-14-15-24(29(33)28(23)32)20-8-11-22(12-9-20)35-16-21-10-13-25(26-17-36-26)30(34)27(21)31/h2-9,11-12,14-15,21,25-26H,10,13,16-17H2,1H3/b3-2+. The van der Waals surface area contributed by atoms with Crippen LogP contribution in [0, 0.1) is 23.5 Å². The van der Waals surface area contributed by atoms with Crippen molar-refractivity contribution < 1.29 is 27.0 Å². The Morgan fingerprint density at radius 3 is 1.94 bits per heavy atom. The molecule has 0 spiro atoms. The van der Waals surface area contributed by atoms with Crippen LogP contribution in [0.15, 0.2) is 78.4 Å². The number of epoxide rings is 1. The van der Waals surface area contributed by atoms with E-state index in [0.717, 1.165) is 5.56 Å². The van der Waals surface area contributed by atoms with Gasteiger partial charge in [-0.3, -0.25) is 0 Å². The molecule has 3 unspecified atom stereocenters. The van der Waals surface area contributed by atoms with Crippen molar-refractivity contribution in [2.75, 3.05) is 13.2 Å². The molecule has 3 aromatic rings. The molecule has 3 aromatic carbocycles. The van der Waals surface area contributed by atoms with Gasteiger partial charge in [0.15, 0.2) is 11.6 Å². The molecule has 1 heterocycles. The summed E-state index contributed by atoms with van der Waals surface area (Å²) in [6.07, 6.45) is 4.64. The molecule has 0 N–H and O–H groups in total. The average molecular weight is 495 g/mol. The second-order valence-corrected chi connectivity index (χ2v) is 9.19. The van der Waals surface area contributed by atoms with Gasteiger partial charge >= 0.3 is 0 Å². The van der Waals surface area contributed by atoms with Crippen molar-refractivity contribution in [3.63, 3.8) is 0 Å². The van der Waals surface area contributed by atoms with Gasteiger partial charge in [-0.05, 0) is 48.6 Å². The molecule has 1 aliphatic carbocycles. The Kier molecular flexibility index (Phi) is 6.97. The highest BCUT2D eigenvalue weighted by atomic mass is 19.2. The topological polar surface area (TPSA) is 21.8 Å².